The minimum atomic E-state index is -0.805. The lowest BCUT2D eigenvalue weighted by molar-refractivity contribution is -0.155. The van der Waals surface area contributed by atoms with E-state index < -0.39 is 11.6 Å². The summed E-state index contributed by atoms with van der Waals surface area (Å²) in [5, 5.41) is 24.7. The van der Waals surface area contributed by atoms with E-state index in [1.165, 1.54) is 77.0 Å². The predicted molar refractivity (Wildman–Crippen MR) is 237 cm³/mol. The molecule has 6 rings (SSSR count). The zero-order chi connectivity index (χ0) is 44.2. The number of rotatable bonds is 22. The predicted octanol–water partition coefficient (Wildman–Crippen LogP) is 10.1. The maximum Gasteiger partial charge on any atom is 0.307 e. The second-order valence-corrected chi connectivity index (χ2v) is 19.9. The average molecular weight is 871 g/mol. The Kier molecular flexibility index (Phi) is 21.6. The van der Waals surface area contributed by atoms with Crippen molar-refractivity contribution in [1.82, 2.24) is 30.9 Å². The molecule has 62 heavy (non-hydrogen) atoms. The van der Waals surface area contributed by atoms with Crippen molar-refractivity contribution >= 4 is 11.9 Å². The first-order chi connectivity index (χ1) is 30.0. The largest absolute Gasteiger partial charge is 0.481 e. The topological polar surface area (TPSA) is 184 Å². The maximum absolute atomic E-state index is 12.6. The van der Waals surface area contributed by atoms with E-state index in [0.717, 1.165) is 88.9 Å². The number of nitrogens with zero attached hydrogens (tertiary/aromatic N) is 4. The van der Waals surface area contributed by atoms with Gasteiger partial charge in [-0.2, -0.15) is 9.97 Å². The van der Waals surface area contributed by atoms with E-state index in [9.17, 15) is 14.7 Å². The fraction of sp³-hybridized carbons (Fsp3) is 0.875. The highest BCUT2D eigenvalue weighted by molar-refractivity contribution is 5.70. The number of aliphatic carboxylic acids is 1. The highest BCUT2D eigenvalue weighted by Gasteiger charge is 2.28. The molecule has 2 aromatic heterocycles. The Morgan fingerprint density at radius 3 is 1.45 bits per heavy atom. The second-order valence-electron chi connectivity index (χ2n) is 19.9. The van der Waals surface area contributed by atoms with Crippen LogP contribution >= 0.6 is 0 Å². The van der Waals surface area contributed by atoms with Crippen molar-refractivity contribution in [3.05, 3.63) is 23.4 Å². The first kappa shape index (κ1) is 50.1. The Morgan fingerprint density at radius 1 is 0.645 bits per heavy atom. The summed E-state index contributed by atoms with van der Waals surface area (Å²) in [6.07, 6.45) is 29.5. The van der Waals surface area contributed by atoms with Gasteiger partial charge in [-0.05, 0) is 96.8 Å². The van der Waals surface area contributed by atoms with Crippen molar-refractivity contribution in [1.29, 1.82) is 0 Å². The van der Waals surface area contributed by atoms with Crippen LogP contribution in [-0.4, -0.2) is 81.4 Å². The molecule has 0 aromatic carbocycles. The Morgan fingerprint density at radius 2 is 1.06 bits per heavy atom. The number of carbonyl (C=O) groups is 2. The van der Waals surface area contributed by atoms with Gasteiger partial charge in [0, 0.05) is 38.1 Å². The molecule has 352 valence electrons. The van der Waals surface area contributed by atoms with Crippen molar-refractivity contribution in [2.24, 2.45) is 11.8 Å². The Hall–Kier alpha value is -2.94. The Labute approximate surface area is 371 Å². The van der Waals surface area contributed by atoms with Crippen molar-refractivity contribution in [3.8, 4) is 0 Å². The van der Waals surface area contributed by atoms with Crippen LogP contribution in [0.25, 0.3) is 0 Å². The molecule has 4 aliphatic rings. The van der Waals surface area contributed by atoms with Gasteiger partial charge in [0.05, 0.1) is 38.1 Å². The smallest absolute Gasteiger partial charge is 0.307 e. The lowest BCUT2D eigenvalue weighted by Gasteiger charge is -2.27. The zero-order valence-corrected chi connectivity index (χ0v) is 39.0. The number of ether oxygens (including phenoxy) is 3. The molecule has 0 spiro atoms. The minimum absolute atomic E-state index is 0.0563. The van der Waals surface area contributed by atoms with Crippen LogP contribution in [0.2, 0.25) is 0 Å². The molecule has 2 heterocycles. The van der Waals surface area contributed by atoms with E-state index in [1.54, 1.807) is 14.2 Å². The highest BCUT2D eigenvalue weighted by Crippen LogP contribution is 2.33. The summed E-state index contributed by atoms with van der Waals surface area (Å²) in [5.74, 6) is 2.72. The summed E-state index contributed by atoms with van der Waals surface area (Å²) in [7, 11) is 3.57. The number of methoxy groups -OCH3 is 2. The Balaban J connectivity index is 0.000000236. The quantitative estimate of drug-likeness (QED) is 0.0950. The Bertz CT molecular complexity index is 1530. The van der Waals surface area contributed by atoms with Crippen LogP contribution in [0.15, 0.2) is 9.05 Å². The average Bonchev–Trinajstić information content (AvgIpc) is 3.95. The molecule has 4 saturated carbocycles. The molecule has 14 nitrogen and oxygen atoms in total. The normalized spacial score (nSPS) is 23.9. The van der Waals surface area contributed by atoms with E-state index in [-0.39, 0.29) is 30.6 Å². The van der Waals surface area contributed by atoms with Gasteiger partial charge in [-0.15, -0.1) is 0 Å². The van der Waals surface area contributed by atoms with Gasteiger partial charge >= 0.3 is 11.9 Å². The lowest BCUT2D eigenvalue weighted by Crippen LogP contribution is -2.34. The standard InChI is InChI=1S/C26H45N3O4.C22H37N3O4/c1-26(2,3)32-24(30)17-20(12-8-11-19-9-6-5-7-10-19)25-28-23(29-33-25)18-27-21-13-15-22(31-4)16-14-21;1-28-19-12-10-18(11-13-19)23-15-20-24-22(29-25-20)17(14-21(26)27)9-5-8-16-6-3-2-4-7-16/h19-22,27H,5-18H2,1-4H3;16-19,23H,2-15H2,1H3,(H,26,27)/t20-,21?,22?;17-,18?,19?/m11/s1. The molecule has 3 N–H and O–H groups in total. The molecule has 0 radical (unpaired) electrons. The van der Waals surface area contributed by atoms with Crippen LogP contribution in [0.3, 0.4) is 0 Å². The van der Waals surface area contributed by atoms with Crippen molar-refractivity contribution in [3.63, 3.8) is 0 Å². The molecule has 0 unspecified atom stereocenters. The number of nitrogens with one attached hydrogen (secondary N) is 2. The van der Waals surface area contributed by atoms with Crippen LogP contribution in [-0.2, 0) is 36.9 Å². The van der Waals surface area contributed by atoms with Crippen LogP contribution in [0.4, 0.5) is 0 Å². The zero-order valence-electron chi connectivity index (χ0n) is 39.0. The molecule has 2 atom stereocenters. The summed E-state index contributed by atoms with van der Waals surface area (Å²) in [6, 6.07) is 0.917. The van der Waals surface area contributed by atoms with Gasteiger partial charge in [0.2, 0.25) is 11.8 Å². The van der Waals surface area contributed by atoms with E-state index in [1.807, 2.05) is 20.8 Å². The minimum Gasteiger partial charge on any atom is -0.481 e. The van der Waals surface area contributed by atoms with E-state index in [0.29, 0.717) is 60.8 Å². The molecule has 4 fully saturated rings. The molecular weight excluding hydrogens is 789 g/mol. The van der Waals surface area contributed by atoms with Crippen molar-refractivity contribution < 1.29 is 38.0 Å². The monoisotopic (exact) mass is 871 g/mol. The van der Waals surface area contributed by atoms with Gasteiger partial charge in [0.1, 0.15) is 5.60 Å². The molecule has 0 amide bonds. The van der Waals surface area contributed by atoms with Crippen LogP contribution in [0.1, 0.15) is 223 Å². The fourth-order valence-electron chi connectivity index (χ4n) is 10.2. The van der Waals surface area contributed by atoms with Crippen LogP contribution in [0, 0.1) is 11.8 Å². The van der Waals surface area contributed by atoms with E-state index in [2.05, 4.69) is 30.9 Å². The number of carboxylic acid groups (broad SMARTS) is 1. The number of hydrogen-bond acceptors (Lipinski definition) is 13. The lowest BCUT2D eigenvalue weighted by atomic mass is 9.84. The van der Waals surface area contributed by atoms with Crippen molar-refractivity contribution in [2.75, 3.05) is 14.2 Å². The van der Waals surface area contributed by atoms with E-state index in [4.69, 9.17) is 23.3 Å². The molecule has 0 bridgehead atoms. The molecule has 2 aromatic rings. The number of carbonyl (C=O) groups excluding carboxylic acids is 1. The molecule has 0 saturated heterocycles. The third kappa shape index (κ3) is 18.6. The SMILES string of the molecule is COC1CCC(NCc2noc([C@H](CCCC3CCCCC3)CC(=O)O)n2)CC1.COC1CCC(NCc2noc([C@H](CCCC3CCCCC3)CC(=O)OC(C)(C)C)n2)CC1. The third-order valence-electron chi connectivity index (χ3n) is 13.8. The number of carboxylic acids is 1. The first-order valence-corrected chi connectivity index (χ1v) is 24.6. The summed E-state index contributed by atoms with van der Waals surface area (Å²) in [4.78, 5) is 33.1. The van der Waals surface area contributed by atoms with Crippen molar-refractivity contribution in [2.45, 2.75) is 243 Å². The molecular formula is C48H82N6O8. The highest BCUT2D eigenvalue weighted by atomic mass is 16.6. The molecule has 14 heteroatoms. The fourth-order valence-corrected chi connectivity index (χ4v) is 10.2. The van der Waals surface area contributed by atoms with E-state index >= 15 is 0 Å². The van der Waals surface area contributed by atoms with Crippen LogP contribution in [0.5, 0.6) is 0 Å². The van der Waals surface area contributed by atoms with Gasteiger partial charge < -0.3 is 39.0 Å². The summed E-state index contributed by atoms with van der Waals surface area (Å²) in [6.45, 7) is 6.86. The second kappa shape index (κ2) is 26.8. The first-order valence-electron chi connectivity index (χ1n) is 24.6. The summed E-state index contributed by atoms with van der Waals surface area (Å²) >= 11 is 0. The van der Waals surface area contributed by atoms with Gasteiger partial charge in [0.15, 0.2) is 11.6 Å². The summed E-state index contributed by atoms with van der Waals surface area (Å²) in [5.41, 5.74) is -0.491. The summed E-state index contributed by atoms with van der Waals surface area (Å²) < 4.78 is 27.6. The van der Waals surface area contributed by atoms with Gasteiger partial charge in [-0.25, -0.2) is 0 Å². The third-order valence-corrected chi connectivity index (χ3v) is 13.8. The number of esters is 1. The van der Waals surface area contributed by atoms with Gasteiger partial charge in [-0.1, -0.05) is 100 Å². The number of aromatic nitrogens is 4. The van der Waals surface area contributed by atoms with Gasteiger partial charge in [0.25, 0.3) is 0 Å². The maximum atomic E-state index is 12.6. The molecule has 0 aliphatic heterocycles. The molecule has 4 aliphatic carbocycles. The number of hydrogen-bond donors (Lipinski definition) is 3. The van der Waals surface area contributed by atoms with Gasteiger partial charge in [-0.3, -0.25) is 9.59 Å². The van der Waals surface area contributed by atoms with Crippen LogP contribution < -0.4 is 10.6 Å².